The lowest BCUT2D eigenvalue weighted by atomic mass is 10.2. The zero-order valence-corrected chi connectivity index (χ0v) is 25.9. The second-order valence-electron chi connectivity index (χ2n) is 8.97. The van der Waals surface area contributed by atoms with Gasteiger partial charge in [0, 0.05) is 15.7 Å². The first-order valence-electron chi connectivity index (χ1n) is 12.8. The van der Waals surface area contributed by atoms with Gasteiger partial charge in [-0.05, 0) is 42.8 Å². The molecule has 0 aromatic heterocycles. The summed E-state index contributed by atoms with van der Waals surface area (Å²) >= 11 is 12.3. The number of hydrogen-bond acceptors (Lipinski definition) is 9. The predicted octanol–water partition coefficient (Wildman–Crippen LogP) is 7.21. The zero-order chi connectivity index (χ0) is 29.9. The van der Waals surface area contributed by atoms with Crippen molar-refractivity contribution in [2.75, 3.05) is 0 Å². The summed E-state index contributed by atoms with van der Waals surface area (Å²) in [5.41, 5.74) is 0.965. The molecule has 0 saturated carbocycles. The lowest BCUT2D eigenvalue weighted by Crippen LogP contribution is -2.12. The molecule has 0 aliphatic rings. The van der Waals surface area contributed by atoms with Crippen molar-refractivity contribution in [1.29, 1.82) is 0 Å². The first-order valence-corrected chi connectivity index (χ1v) is 14.3. The van der Waals surface area contributed by atoms with Gasteiger partial charge in [-0.2, -0.15) is 37.9 Å². The minimum absolute atomic E-state index is 0.0338. The molecule has 0 bridgehead atoms. The van der Waals surface area contributed by atoms with E-state index in [0.717, 1.165) is 5.56 Å². The Morgan fingerprint density at radius 2 is 0.875 bits per heavy atom. The maximum absolute atomic E-state index is 11.3. The highest BCUT2D eigenvalue weighted by atomic mass is 32.1. The van der Waals surface area contributed by atoms with Gasteiger partial charge in [0.15, 0.2) is 0 Å². The number of rotatable bonds is 9. The molecule has 0 amide bonds. The van der Waals surface area contributed by atoms with E-state index >= 15 is 0 Å². The van der Waals surface area contributed by atoms with Crippen LogP contribution in [-0.2, 0) is 14.4 Å². The second kappa shape index (κ2) is 20.1. The van der Waals surface area contributed by atoms with E-state index in [2.05, 4.69) is 37.9 Å². The summed E-state index contributed by atoms with van der Waals surface area (Å²) in [6.45, 7) is 7.49. The molecule has 6 nitrogen and oxygen atoms in total. The number of carbonyl (C=O) groups excluding carboxylic acids is 3. The van der Waals surface area contributed by atoms with Crippen LogP contribution in [0.15, 0.2) is 84.9 Å². The summed E-state index contributed by atoms with van der Waals surface area (Å²) in [5, 5.41) is 0.110. The van der Waals surface area contributed by atoms with E-state index in [1.807, 2.05) is 82.3 Å². The maximum Gasteiger partial charge on any atom is 0.312 e. The quantitative estimate of drug-likeness (QED) is 0.137. The van der Waals surface area contributed by atoms with Gasteiger partial charge in [-0.15, -0.1) is 0 Å². The van der Waals surface area contributed by atoms with Crippen LogP contribution >= 0.6 is 37.9 Å². The first-order chi connectivity index (χ1) is 19.0. The van der Waals surface area contributed by atoms with Crippen molar-refractivity contribution in [3.05, 3.63) is 90.5 Å². The Bertz CT molecular complexity index is 1090. The Kier molecular flexibility index (Phi) is 17.6. The molecule has 0 saturated heterocycles. The van der Waals surface area contributed by atoms with E-state index in [1.54, 1.807) is 30.3 Å². The molecule has 0 spiro atoms. The molecule has 0 radical (unpaired) electrons. The molecule has 0 fully saturated rings. The van der Waals surface area contributed by atoms with Crippen LogP contribution in [0.4, 0.5) is 0 Å². The molecule has 9 heteroatoms. The van der Waals surface area contributed by atoms with E-state index in [9.17, 15) is 14.4 Å². The third kappa shape index (κ3) is 17.7. The number of ether oxygens (including phenoxy) is 3. The second-order valence-corrected chi connectivity index (χ2v) is 11.6. The van der Waals surface area contributed by atoms with Crippen LogP contribution in [0.25, 0.3) is 0 Å². The van der Waals surface area contributed by atoms with Gasteiger partial charge in [-0.25, -0.2) is 0 Å². The van der Waals surface area contributed by atoms with Crippen LogP contribution in [0.5, 0.6) is 17.2 Å². The van der Waals surface area contributed by atoms with Gasteiger partial charge in [0.05, 0.1) is 19.3 Å². The largest absolute Gasteiger partial charge is 0.427 e. The number of esters is 3. The fourth-order valence-electron chi connectivity index (χ4n) is 2.88. The topological polar surface area (TPSA) is 78.9 Å². The van der Waals surface area contributed by atoms with E-state index in [1.165, 1.54) is 0 Å². The van der Waals surface area contributed by atoms with Gasteiger partial charge in [0.2, 0.25) is 0 Å². The Hall–Kier alpha value is -2.88. The highest BCUT2D eigenvalue weighted by Crippen LogP contribution is 2.17. The summed E-state index contributed by atoms with van der Waals surface area (Å²) in [6, 6.07) is 25.5. The predicted molar refractivity (Wildman–Crippen MR) is 170 cm³/mol. The molecule has 216 valence electrons. The van der Waals surface area contributed by atoms with Crippen molar-refractivity contribution in [2.24, 2.45) is 0 Å². The van der Waals surface area contributed by atoms with Crippen LogP contribution < -0.4 is 14.2 Å². The van der Waals surface area contributed by atoms with Crippen LogP contribution in [0.3, 0.4) is 0 Å². The van der Waals surface area contributed by atoms with E-state index in [4.69, 9.17) is 14.2 Å². The van der Waals surface area contributed by atoms with Crippen molar-refractivity contribution < 1.29 is 28.6 Å². The van der Waals surface area contributed by atoms with Crippen LogP contribution in [0.2, 0.25) is 0 Å². The molecule has 3 aromatic rings. The highest BCUT2D eigenvalue weighted by molar-refractivity contribution is 7.81. The smallest absolute Gasteiger partial charge is 0.312 e. The number of carbonyl (C=O) groups is 3. The van der Waals surface area contributed by atoms with E-state index in [0.29, 0.717) is 36.5 Å². The number of hydrogen-bond donors (Lipinski definition) is 3. The summed E-state index contributed by atoms with van der Waals surface area (Å²) < 4.78 is 15.2. The van der Waals surface area contributed by atoms with Crippen molar-refractivity contribution in [1.82, 2.24) is 0 Å². The molecule has 40 heavy (non-hydrogen) atoms. The Balaban J connectivity index is 0.000000300. The number of aryl methyl sites for hydroxylation is 1. The van der Waals surface area contributed by atoms with E-state index in [-0.39, 0.29) is 33.7 Å². The van der Waals surface area contributed by atoms with Gasteiger partial charge in [-0.1, -0.05) is 75.4 Å². The molecule has 3 unspecified atom stereocenters. The SMILES string of the molecule is CC(S)CC(=O)Oc1ccccc1.CC(S)CC(=O)Oc1ccccc1.Cc1ccccc1OC(=O)CC(C)S. The molecule has 0 aliphatic heterocycles. The Morgan fingerprint density at radius 3 is 1.23 bits per heavy atom. The molecular formula is C31H38O6S3. The van der Waals surface area contributed by atoms with Gasteiger partial charge < -0.3 is 14.2 Å². The average Bonchev–Trinajstić information content (AvgIpc) is 2.86. The molecule has 3 atom stereocenters. The molecule has 0 aliphatic carbocycles. The number of benzene rings is 3. The maximum atomic E-state index is 11.3. The summed E-state index contributed by atoms with van der Waals surface area (Å²) in [6.07, 6.45) is 0.994. The van der Waals surface area contributed by atoms with Crippen molar-refractivity contribution in [3.63, 3.8) is 0 Å². The minimum atomic E-state index is -0.242. The molecule has 0 heterocycles. The molecule has 3 aromatic carbocycles. The third-order valence-electron chi connectivity index (χ3n) is 4.65. The average molecular weight is 603 g/mol. The lowest BCUT2D eigenvalue weighted by Gasteiger charge is -2.07. The zero-order valence-electron chi connectivity index (χ0n) is 23.2. The number of thiol groups is 3. The van der Waals surface area contributed by atoms with Gasteiger partial charge in [-0.3, -0.25) is 14.4 Å². The molecule has 0 N–H and O–H groups in total. The first kappa shape index (κ1) is 35.1. The van der Waals surface area contributed by atoms with E-state index < -0.39 is 0 Å². The molecular weight excluding hydrogens is 565 g/mol. The van der Waals surface area contributed by atoms with Crippen molar-refractivity contribution in [2.45, 2.75) is 62.7 Å². The van der Waals surface area contributed by atoms with Crippen LogP contribution in [0, 0.1) is 6.92 Å². The lowest BCUT2D eigenvalue weighted by molar-refractivity contribution is -0.135. The summed E-state index contributed by atoms with van der Waals surface area (Å²) in [4.78, 5) is 33.6. The van der Waals surface area contributed by atoms with Crippen molar-refractivity contribution >= 4 is 55.8 Å². The summed E-state index contributed by atoms with van der Waals surface area (Å²) in [7, 11) is 0. The Labute approximate surface area is 254 Å². The minimum Gasteiger partial charge on any atom is -0.427 e. The third-order valence-corrected chi connectivity index (χ3v) is 5.20. The normalized spacial score (nSPS) is 12.2. The van der Waals surface area contributed by atoms with Gasteiger partial charge in [0.1, 0.15) is 17.2 Å². The fourth-order valence-corrected chi connectivity index (χ4v) is 3.33. The van der Waals surface area contributed by atoms with Gasteiger partial charge in [0.25, 0.3) is 0 Å². The van der Waals surface area contributed by atoms with Crippen LogP contribution in [-0.4, -0.2) is 33.7 Å². The van der Waals surface area contributed by atoms with Gasteiger partial charge >= 0.3 is 17.9 Å². The molecule has 3 rings (SSSR count). The summed E-state index contributed by atoms with van der Waals surface area (Å²) in [5.74, 6) is 1.08. The van der Waals surface area contributed by atoms with Crippen molar-refractivity contribution in [3.8, 4) is 17.2 Å². The number of para-hydroxylation sites is 3. The standard InChI is InChI=1S/C11H14O2S.2C10H12O2S/c1-8-5-3-4-6-10(8)13-11(12)7-9(2)14;2*1-8(13)7-10(11)12-9-5-3-2-4-6-9/h3-6,9,14H,7H2,1-2H3;2*2-6,8,13H,7H2,1H3. The monoisotopic (exact) mass is 602 g/mol. The Morgan fingerprint density at radius 1 is 0.550 bits per heavy atom. The highest BCUT2D eigenvalue weighted by Gasteiger charge is 2.09. The van der Waals surface area contributed by atoms with Crippen LogP contribution in [0.1, 0.15) is 45.6 Å². The fraction of sp³-hybridized carbons (Fsp3) is 0.323.